The number of hydrogen-bond acceptors (Lipinski definition) is 4. The lowest BCUT2D eigenvalue weighted by molar-refractivity contribution is 0.631. The quantitative estimate of drug-likeness (QED) is 0.836. The zero-order valence-electron chi connectivity index (χ0n) is 8.85. The van der Waals surface area contributed by atoms with Gasteiger partial charge in [-0.2, -0.15) is 5.26 Å². The summed E-state index contributed by atoms with van der Waals surface area (Å²) < 4.78 is 12.0. The lowest BCUT2D eigenvalue weighted by Gasteiger charge is -2.07. The van der Waals surface area contributed by atoms with Crippen LogP contribution in [-0.2, 0) is 10.8 Å². The van der Waals surface area contributed by atoms with Crippen LogP contribution in [0.4, 0.5) is 0 Å². The number of pyridine rings is 1. The van der Waals surface area contributed by atoms with Crippen LogP contribution in [0.15, 0.2) is 23.4 Å². The van der Waals surface area contributed by atoms with Gasteiger partial charge in [0, 0.05) is 11.9 Å². The Labute approximate surface area is 97.2 Å². The monoisotopic (exact) mass is 235 g/mol. The standard InChI is InChI=1S/C11H13N3OS/c12-6-9-2-4-14-11(5-9)16(15)8-10-1-3-13-7-10/h2,4-5,10,13H,1,3,7-8H2/t10-,16-/m1/s1. The van der Waals surface area contributed by atoms with Crippen LogP contribution in [0, 0.1) is 17.2 Å². The highest BCUT2D eigenvalue weighted by atomic mass is 32.2. The summed E-state index contributed by atoms with van der Waals surface area (Å²) in [7, 11) is -1.09. The highest BCUT2D eigenvalue weighted by Crippen LogP contribution is 2.13. The molecule has 1 saturated heterocycles. The molecule has 1 N–H and O–H groups in total. The SMILES string of the molecule is N#Cc1ccnc([S@](=O)C[C@@H]2CCNC2)c1. The van der Waals surface area contributed by atoms with E-state index in [1.807, 2.05) is 6.07 Å². The van der Waals surface area contributed by atoms with E-state index in [1.54, 1.807) is 18.3 Å². The topological polar surface area (TPSA) is 65.8 Å². The van der Waals surface area contributed by atoms with E-state index in [1.165, 1.54) is 0 Å². The molecule has 0 aromatic carbocycles. The third kappa shape index (κ3) is 2.65. The predicted octanol–water partition coefficient (Wildman–Crippen LogP) is 0.670. The molecular formula is C11H13N3OS. The first-order valence-electron chi connectivity index (χ1n) is 5.25. The normalized spacial score (nSPS) is 21.6. The Hall–Kier alpha value is -1.25. The Bertz CT molecular complexity index is 435. The second-order valence-electron chi connectivity index (χ2n) is 3.87. The number of rotatable bonds is 3. The van der Waals surface area contributed by atoms with E-state index < -0.39 is 10.8 Å². The van der Waals surface area contributed by atoms with Gasteiger partial charge in [0.05, 0.1) is 22.4 Å². The molecule has 0 bridgehead atoms. The molecule has 1 aliphatic rings. The highest BCUT2D eigenvalue weighted by molar-refractivity contribution is 7.84. The Kier molecular flexibility index (Phi) is 3.65. The smallest absolute Gasteiger partial charge is 0.128 e. The van der Waals surface area contributed by atoms with E-state index >= 15 is 0 Å². The van der Waals surface area contributed by atoms with Crippen LogP contribution in [0.5, 0.6) is 0 Å². The summed E-state index contributed by atoms with van der Waals surface area (Å²) >= 11 is 0. The minimum absolute atomic E-state index is 0.466. The average Bonchev–Trinajstić information content (AvgIpc) is 2.82. The van der Waals surface area contributed by atoms with Gasteiger partial charge in [-0.3, -0.25) is 4.21 Å². The summed E-state index contributed by atoms with van der Waals surface area (Å²) in [6, 6.07) is 5.26. The first kappa shape index (κ1) is 11.2. The van der Waals surface area contributed by atoms with Gasteiger partial charge in [0.1, 0.15) is 5.03 Å². The maximum atomic E-state index is 12.0. The third-order valence-electron chi connectivity index (χ3n) is 2.65. The van der Waals surface area contributed by atoms with Gasteiger partial charge in [-0.1, -0.05) is 0 Å². The second kappa shape index (κ2) is 5.19. The lowest BCUT2D eigenvalue weighted by atomic mass is 10.2. The largest absolute Gasteiger partial charge is 0.316 e. The number of aromatic nitrogens is 1. The summed E-state index contributed by atoms with van der Waals surface area (Å²) in [4.78, 5) is 4.06. The molecule has 16 heavy (non-hydrogen) atoms. The molecule has 1 aromatic rings. The Morgan fingerprint density at radius 1 is 1.69 bits per heavy atom. The van der Waals surface area contributed by atoms with Gasteiger partial charge in [0.15, 0.2) is 0 Å². The zero-order valence-corrected chi connectivity index (χ0v) is 9.67. The van der Waals surface area contributed by atoms with Crippen LogP contribution >= 0.6 is 0 Å². The van der Waals surface area contributed by atoms with Gasteiger partial charge >= 0.3 is 0 Å². The molecule has 84 valence electrons. The fraction of sp³-hybridized carbons (Fsp3) is 0.455. The molecule has 4 nitrogen and oxygen atoms in total. The van der Waals surface area contributed by atoms with Crippen molar-refractivity contribution >= 4 is 10.8 Å². The molecular weight excluding hydrogens is 222 g/mol. The molecule has 2 atom stereocenters. The van der Waals surface area contributed by atoms with Gasteiger partial charge in [-0.15, -0.1) is 0 Å². The van der Waals surface area contributed by atoms with Crippen LogP contribution in [0.1, 0.15) is 12.0 Å². The Balaban J connectivity index is 2.05. The number of nitriles is 1. The summed E-state index contributed by atoms with van der Waals surface area (Å²) in [5.74, 6) is 1.10. The summed E-state index contributed by atoms with van der Waals surface area (Å²) in [6.45, 7) is 1.94. The molecule has 1 aliphatic heterocycles. The zero-order chi connectivity index (χ0) is 11.4. The molecule has 0 aliphatic carbocycles. The van der Waals surface area contributed by atoms with Crippen LogP contribution in [-0.4, -0.2) is 28.0 Å². The molecule has 1 fully saturated rings. The van der Waals surface area contributed by atoms with Crippen LogP contribution in [0.25, 0.3) is 0 Å². The highest BCUT2D eigenvalue weighted by Gasteiger charge is 2.18. The van der Waals surface area contributed by atoms with Gasteiger partial charge in [0.25, 0.3) is 0 Å². The predicted molar refractivity (Wildman–Crippen MR) is 61.2 cm³/mol. The van der Waals surface area contributed by atoms with E-state index in [9.17, 15) is 4.21 Å². The van der Waals surface area contributed by atoms with Crippen molar-refractivity contribution in [1.82, 2.24) is 10.3 Å². The molecule has 1 aromatic heterocycles. The molecule has 0 spiro atoms. The number of hydrogen-bond donors (Lipinski definition) is 1. The fourth-order valence-electron chi connectivity index (χ4n) is 1.76. The average molecular weight is 235 g/mol. The van der Waals surface area contributed by atoms with Gasteiger partial charge in [-0.05, 0) is 37.6 Å². The Morgan fingerprint density at radius 2 is 2.56 bits per heavy atom. The third-order valence-corrected chi connectivity index (χ3v) is 4.11. The first-order chi connectivity index (χ1) is 7.79. The lowest BCUT2D eigenvalue weighted by Crippen LogP contribution is -2.15. The van der Waals surface area contributed by atoms with Crippen molar-refractivity contribution in [2.45, 2.75) is 11.4 Å². The van der Waals surface area contributed by atoms with Crippen molar-refractivity contribution in [3.8, 4) is 6.07 Å². The van der Waals surface area contributed by atoms with E-state index in [-0.39, 0.29) is 0 Å². The van der Waals surface area contributed by atoms with E-state index in [0.717, 1.165) is 19.5 Å². The maximum Gasteiger partial charge on any atom is 0.128 e. The molecule has 2 rings (SSSR count). The summed E-state index contributed by atoms with van der Waals surface area (Å²) in [6.07, 6.45) is 2.61. The number of nitrogens with zero attached hydrogens (tertiary/aromatic N) is 2. The van der Waals surface area contributed by atoms with Gasteiger partial charge < -0.3 is 5.32 Å². The fourth-order valence-corrected chi connectivity index (χ4v) is 3.08. The molecule has 0 unspecified atom stereocenters. The Morgan fingerprint density at radius 3 is 3.25 bits per heavy atom. The van der Waals surface area contributed by atoms with Crippen molar-refractivity contribution in [1.29, 1.82) is 5.26 Å². The van der Waals surface area contributed by atoms with Crippen molar-refractivity contribution in [3.05, 3.63) is 23.9 Å². The van der Waals surface area contributed by atoms with E-state index in [0.29, 0.717) is 22.3 Å². The first-order valence-corrected chi connectivity index (χ1v) is 6.57. The molecule has 2 heterocycles. The van der Waals surface area contributed by atoms with Crippen molar-refractivity contribution in [2.24, 2.45) is 5.92 Å². The number of nitrogens with one attached hydrogen (secondary N) is 1. The molecule has 5 heteroatoms. The summed E-state index contributed by atoms with van der Waals surface area (Å²) in [5.41, 5.74) is 0.517. The molecule has 0 amide bonds. The second-order valence-corrected chi connectivity index (χ2v) is 5.31. The summed E-state index contributed by atoms with van der Waals surface area (Å²) in [5, 5.41) is 12.5. The van der Waals surface area contributed by atoms with Crippen molar-refractivity contribution in [2.75, 3.05) is 18.8 Å². The maximum absolute atomic E-state index is 12.0. The minimum Gasteiger partial charge on any atom is -0.316 e. The van der Waals surface area contributed by atoms with Crippen LogP contribution in [0.3, 0.4) is 0 Å². The van der Waals surface area contributed by atoms with E-state index in [4.69, 9.17) is 5.26 Å². The van der Waals surface area contributed by atoms with Gasteiger partial charge in [0.2, 0.25) is 0 Å². The molecule has 0 radical (unpaired) electrons. The van der Waals surface area contributed by atoms with Crippen molar-refractivity contribution < 1.29 is 4.21 Å². The van der Waals surface area contributed by atoms with Gasteiger partial charge in [-0.25, -0.2) is 4.98 Å². The van der Waals surface area contributed by atoms with E-state index in [2.05, 4.69) is 10.3 Å². The van der Waals surface area contributed by atoms with Crippen LogP contribution in [0.2, 0.25) is 0 Å². The van der Waals surface area contributed by atoms with Crippen molar-refractivity contribution in [3.63, 3.8) is 0 Å². The van der Waals surface area contributed by atoms with Crippen LogP contribution < -0.4 is 5.32 Å². The molecule has 0 saturated carbocycles. The minimum atomic E-state index is -1.09.